The summed E-state index contributed by atoms with van der Waals surface area (Å²) in [6.45, 7) is 2.55. The first kappa shape index (κ1) is 25.2. The van der Waals surface area contributed by atoms with Crippen LogP contribution in [0, 0.1) is 11.5 Å². The van der Waals surface area contributed by atoms with Crippen LogP contribution in [-0.2, 0) is 13.0 Å². The molecule has 0 saturated heterocycles. The number of nitriles is 1. The molecule has 0 fully saturated rings. The molecule has 0 saturated carbocycles. The third-order valence-electron chi connectivity index (χ3n) is 6.37. The maximum absolute atomic E-state index is 13.3. The number of fused-ring (bicyclic) bond motifs is 2. The van der Waals surface area contributed by atoms with Crippen molar-refractivity contribution < 1.29 is 4.79 Å². The van der Waals surface area contributed by atoms with E-state index in [0.717, 1.165) is 39.8 Å². The number of benzene rings is 2. The Balaban J connectivity index is 1.30. The number of carbonyl (C=O) groups is 1. The van der Waals surface area contributed by atoms with Crippen LogP contribution in [0.4, 0.5) is 17.1 Å². The fourth-order valence-corrected chi connectivity index (χ4v) is 5.27. The summed E-state index contributed by atoms with van der Waals surface area (Å²) < 4.78 is 0. The molecule has 0 unspecified atom stereocenters. The maximum atomic E-state index is 13.3. The molecular formula is C28H28N8OS. The van der Waals surface area contributed by atoms with E-state index in [4.69, 9.17) is 0 Å². The lowest BCUT2D eigenvalue weighted by molar-refractivity contribution is 0.103. The Morgan fingerprint density at radius 3 is 2.97 bits per heavy atom. The van der Waals surface area contributed by atoms with Crippen LogP contribution in [0.15, 0.2) is 71.2 Å². The molecule has 2 aromatic carbocycles. The summed E-state index contributed by atoms with van der Waals surface area (Å²) in [5.41, 5.74) is 5.61. The van der Waals surface area contributed by atoms with Crippen molar-refractivity contribution in [2.75, 3.05) is 42.2 Å². The molecule has 192 valence electrons. The molecule has 2 aromatic heterocycles. The van der Waals surface area contributed by atoms with E-state index < -0.39 is 0 Å². The fourth-order valence-electron chi connectivity index (χ4n) is 4.50. The number of nitrogens with zero attached hydrogens (tertiary/aromatic N) is 4. The van der Waals surface area contributed by atoms with Gasteiger partial charge in [0.15, 0.2) is 6.19 Å². The van der Waals surface area contributed by atoms with Gasteiger partial charge in [-0.3, -0.25) is 20.1 Å². The Morgan fingerprint density at radius 2 is 2.11 bits per heavy atom. The van der Waals surface area contributed by atoms with Crippen molar-refractivity contribution in [1.29, 1.82) is 5.26 Å². The highest BCUT2D eigenvalue weighted by Crippen LogP contribution is 2.32. The Labute approximate surface area is 225 Å². The Hall–Kier alpha value is -4.46. The lowest BCUT2D eigenvalue weighted by Gasteiger charge is -2.21. The van der Waals surface area contributed by atoms with Gasteiger partial charge in [0.25, 0.3) is 5.91 Å². The van der Waals surface area contributed by atoms with Crippen LogP contribution in [-0.4, -0.2) is 43.5 Å². The van der Waals surface area contributed by atoms with Crippen LogP contribution in [0.25, 0.3) is 10.9 Å². The molecule has 0 bridgehead atoms. The maximum Gasteiger partial charge on any atom is 0.267 e. The van der Waals surface area contributed by atoms with Gasteiger partial charge in [-0.1, -0.05) is 24.3 Å². The van der Waals surface area contributed by atoms with Gasteiger partial charge in [-0.2, -0.15) is 5.26 Å². The van der Waals surface area contributed by atoms with E-state index in [9.17, 15) is 10.1 Å². The molecule has 1 aliphatic rings. The summed E-state index contributed by atoms with van der Waals surface area (Å²) >= 11 is 1.40. The number of thiophene rings is 1. The number of anilines is 3. The first-order valence-electron chi connectivity index (χ1n) is 12.4. The summed E-state index contributed by atoms with van der Waals surface area (Å²) in [4.78, 5) is 24.8. The minimum absolute atomic E-state index is 0.176. The van der Waals surface area contributed by atoms with Crippen molar-refractivity contribution in [3.63, 3.8) is 0 Å². The van der Waals surface area contributed by atoms with Crippen molar-refractivity contribution in [2.45, 2.75) is 13.0 Å². The quantitative estimate of drug-likeness (QED) is 0.0899. The van der Waals surface area contributed by atoms with Crippen LogP contribution < -0.4 is 26.2 Å². The predicted octanol–water partition coefficient (Wildman–Crippen LogP) is 4.17. The standard InChI is InChI=1S/C28H28N8OS/c1-30-12-13-32-28(34-18-29)36-14-9-19-6-7-21(16-25(19)36)35-27(37)26-24(10-15-38-26)33-17-20-8-11-31-23-5-3-2-4-22(20)23/h2-8,10-11,15-16,30,33H,9,12-14,17H2,1H3,(H,32,34)(H,35,37). The topological polar surface area (TPSA) is 117 Å². The van der Waals surface area contributed by atoms with Crippen LogP contribution >= 0.6 is 11.3 Å². The number of guanidine groups is 1. The number of pyridine rings is 1. The Bertz CT molecular complexity index is 1520. The molecule has 4 N–H and O–H groups in total. The van der Waals surface area contributed by atoms with Gasteiger partial charge in [0.05, 0.1) is 17.7 Å². The van der Waals surface area contributed by atoms with E-state index in [2.05, 4.69) is 37.3 Å². The fraction of sp³-hybridized carbons (Fsp3) is 0.214. The minimum atomic E-state index is -0.176. The lowest BCUT2D eigenvalue weighted by Crippen LogP contribution is -2.38. The Morgan fingerprint density at radius 1 is 1.21 bits per heavy atom. The number of rotatable bonds is 8. The summed E-state index contributed by atoms with van der Waals surface area (Å²) in [7, 11) is 1.86. The second-order valence-electron chi connectivity index (χ2n) is 8.75. The van der Waals surface area contributed by atoms with E-state index in [1.807, 2.05) is 72.1 Å². The summed E-state index contributed by atoms with van der Waals surface area (Å²) in [5.74, 6) is 0.336. The predicted molar refractivity (Wildman–Crippen MR) is 154 cm³/mol. The number of para-hydroxylation sites is 1. The molecule has 1 amide bonds. The van der Waals surface area contributed by atoms with Gasteiger partial charge in [0.2, 0.25) is 5.96 Å². The average molecular weight is 525 g/mol. The molecule has 38 heavy (non-hydrogen) atoms. The number of hydrogen-bond donors (Lipinski definition) is 4. The monoisotopic (exact) mass is 524 g/mol. The van der Waals surface area contributed by atoms with E-state index in [-0.39, 0.29) is 5.91 Å². The number of hydrogen-bond acceptors (Lipinski definition) is 7. The van der Waals surface area contributed by atoms with Crippen molar-refractivity contribution in [1.82, 2.24) is 15.6 Å². The number of aromatic nitrogens is 1. The van der Waals surface area contributed by atoms with Crippen molar-refractivity contribution >= 4 is 51.2 Å². The summed E-state index contributed by atoms with van der Waals surface area (Å²) in [6, 6.07) is 17.8. The zero-order valence-electron chi connectivity index (χ0n) is 21.0. The SMILES string of the molecule is CNCCN=C(NC#N)N1CCc2ccc(NC(=O)c3sccc3NCc3ccnc4ccccc34)cc21. The molecule has 0 spiro atoms. The highest BCUT2D eigenvalue weighted by Gasteiger charge is 2.24. The summed E-state index contributed by atoms with van der Waals surface area (Å²) in [6.07, 6.45) is 4.63. The van der Waals surface area contributed by atoms with Crippen molar-refractivity contribution in [3.05, 3.63) is 82.2 Å². The first-order valence-corrected chi connectivity index (χ1v) is 13.3. The smallest absolute Gasteiger partial charge is 0.267 e. The largest absolute Gasteiger partial charge is 0.380 e. The Kier molecular flexibility index (Phi) is 7.78. The number of likely N-dealkylation sites (N-methyl/N-ethyl adjacent to an activating group) is 1. The molecule has 4 aromatic rings. The van der Waals surface area contributed by atoms with Gasteiger partial charge >= 0.3 is 0 Å². The van der Waals surface area contributed by atoms with Crippen LogP contribution in [0.1, 0.15) is 20.8 Å². The number of amides is 1. The van der Waals surface area contributed by atoms with E-state index in [0.29, 0.717) is 42.7 Å². The second kappa shape index (κ2) is 11.7. The molecule has 1 aliphatic heterocycles. The molecule has 10 heteroatoms. The van der Waals surface area contributed by atoms with Gasteiger partial charge in [0.1, 0.15) is 4.88 Å². The third-order valence-corrected chi connectivity index (χ3v) is 7.28. The van der Waals surface area contributed by atoms with E-state index >= 15 is 0 Å². The van der Waals surface area contributed by atoms with Crippen LogP contribution in [0.5, 0.6) is 0 Å². The van der Waals surface area contributed by atoms with Gasteiger partial charge in [-0.05, 0) is 60.3 Å². The molecule has 9 nitrogen and oxygen atoms in total. The summed E-state index contributed by atoms with van der Waals surface area (Å²) in [5, 5.41) is 24.5. The lowest BCUT2D eigenvalue weighted by atomic mass is 10.1. The molecule has 0 radical (unpaired) electrons. The normalized spacial score (nSPS) is 12.7. The molecule has 5 rings (SSSR count). The number of aliphatic imine (C=N–C) groups is 1. The molecule has 0 atom stereocenters. The van der Waals surface area contributed by atoms with Crippen molar-refractivity contribution in [3.8, 4) is 6.19 Å². The zero-order valence-corrected chi connectivity index (χ0v) is 21.8. The van der Waals surface area contributed by atoms with E-state index in [1.54, 1.807) is 6.20 Å². The van der Waals surface area contributed by atoms with Gasteiger partial charge in [0, 0.05) is 42.6 Å². The highest BCUT2D eigenvalue weighted by atomic mass is 32.1. The van der Waals surface area contributed by atoms with Gasteiger partial charge < -0.3 is 20.9 Å². The zero-order chi connectivity index (χ0) is 26.3. The first-order chi connectivity index (χ1) is 18.7. The molecule has 0 aliphatic carbocycles. The van der Waals surface area contributed by atoms with E-state index in [1.165, 1.54) is 11.3 Å². The van der Waals surface area contributed by atoms with Gasteiger partial charge in [-0.25, -0.2) is 0 Å². The second-order valence-corrected chi connectivity index (χ2v) is 9.67. The van der Waals surface area contributed by atoms with Crippen LogP contribution in [0.2, 0.25) is 0 Å². The number of nitrogens with one attached hydrogen (secondary N) is 4. The third kappa shape index (κ3) is 5.44. The molecular weight excluding hydrogens is 496 g/mol. The van der Waals surface area contributed by atoms with Crippen molar-refractivity contribution in [2.24, 2.45) is 4.99 Å². The van der Waals surface area contributed by atoms with Crippen LogP contribution in [0.3, 0.4) is 0 Å². The minimum Gasteiger partial charge on any atom is -0.380 e. The number of carbonyl (C=O) groups excluding carboxylic acids is 1. The molecule has 3 heterocycles. The highest BCUT2D eigenvalue weighted by molar-refractivity contribution is 7.12. The van der Waals surface area contributed by atoms with Gasteiger partial charge in [-0.15, -0.1) is 11.3 Å². The average Bonchev–Trinajstić information content (AvgIpc) is 3.58.